The second-order valence-corrected chi connectivity index (χ2v) is 5.55. The fraction of sp³-hybridized carbons (Fsp3) is 0.571. The number of ether oxygens (including phenoxy) is 1. The Bertz CT molecular complexity index is 337. The van der Waals surface area contributed by atoms with Crippen LogP contribution >= 0.6 is 11.8 Å². The van der Waals surface area contributed by atoms with Gasteiger partial charge in [0.2, 0.25) is 0 Å². The molecule has 0 aromatic heterocycles. The molecule has 0 radical (unpaired) electrons. The van der Waals surface area contributed by atoms with Crippen molar-refractivity contribution in [1.29, 1.82) is 0 Å². The predicted octanol–water partition coefficient (Wildman–Crippen LogP) is 2.93. The highest BCUT2D eigenvalue weighted by Crippen LogP contribution is 2.25. The molecule has 0 bridgehead atoms. The average Bonchev–Trinajstić information content (AvgIpc) is 2.40. The van der Waals surface area contributed by atoms with E-state index >= 15 is 0 Å². The molecule has 0 unspecified atom stereocenters. The molecule has 1 heterocycles. The van der Waals surface area contributed by atoms with Crippen molar-refractivity contribution in [2.45, 2.75) is 18.6 Å². The largest absolute Gasteiger partial charge is 0.496 e. The van der Waals surface area contributed by atoms with E-state index in [2.05, 4.69) is 17.4 Å². The lowest BCUT2D eigenvalue weighted by Gasteiger charge is -2.22. The zero-order chi connectivity index (χ0) is 11.9. The molecule has 17 heavy (non-hydrogen) atoms. The molecule has 0 saturated carbocycles. The van der Waals surface area contributed by atoms with Crippen LogP contribution in [0.15, 0.2) is 24.3 Å². The summed E-state index contributed by atoms with van der Waals surface area (Å²) in [4.78, 5) is 0. The predicted molar refractivity (Wildman–Crippen MR) is 74.7 cm³/mol. The molecule has 0 aliphatic carbocycles. The van der Waals surface area contributed by atoms with Gasteiger partial charge in [0, 0.05) is 11.3 Å². The van der Waals surface area contributed by atoms with Crippen LogP contribution in [0.3, 0.4) is 0 Å². The molecular weight excluding hydrogens is 230 g/mol. The minimum Gasteiger partial charge on any atom is -0.496 e. The molecule has 0 atom stereocenters. The van der Waals surface area contributed by atoms with Gasteiger partial charge >= 0.3 is 0 Å². The van der Waals surface area contributed by atoms with Crippen LogP contribution in [-0.4, -0.2) is 26.0 Å². The van der Waals surface area contributed by atoms with Crippen molar-refractivity contribution in [3.8, 4) is 5.75 Å². The summed E-state index contributed by atoms with van der Waals surface area (Å²) in [6.45, 7) is 2.39. The van der Waals surface area contributed by atoms with Crippen molar-refractivity contribution >= 4 is 11.8 Å². The second-order valence-electron chi connectivity index (χ2n) is 4.52. The van der Waals surface area contributed by atoms with Gasteiger partial charge in [0.15, 0.2) is 0 Å². The average molecular weight is 251 g/mol. The van der Waals surface area contributed by atoms with Gasteiger partial charge < -0.3 is 10.1 Å². The summed E-state index contributed by atoms with van der Waals surface area (Å²) in [5.74, 6) is 4.26. The Morgan fingerprint density at radius 3 is 2.82 bits per heavy atom. The summed E-state index contributed by atoms with van der Waals surface area (Å²) >= 11 is 2.03. The molecule has 2 rings (SSSR count). The molecule has 1 N–H and O–H groups in total. The molecule has 1 fully saturated rings. The van der Waals surface area contributed by atoms with Gasteiger partial charge in [0.25, 0.3) is 0 Å². The Morgan fingerprint density at radius 2 is 2.06 bits per heavy atom. The first-order valence-corrected chi connectivity index (χ1v) is 7.46. The number of piperidine rings is 1. The van der Waals surface area contributed by atoms with Crippen molar-refractivity contribution in [3.63, 3.8) is 0 Å². The van der Waals surface area contributed by atoms with E-state index in [1.54, 1.807) is 7.11 Å². The maximum absolute atomic E-state index is 5.36. The number of nitrogens with one attached hydrogen (secondary N) is 1. The second kappa shape index (κ2) is 6.92. The maximum Gasteiger partial charge on any atom is 0.122 e. The molecule has 1 aliphatic heterocycles. The summed E-state index contributed by atoms with van der Waals surface area (Å²) < 4.78 is 5.36. The Balaban J connectivity index is 1.77. The van der Waals surface area contributed by atoms with Crippen LogP contribution in [0.25, 0.3) is 0 Å². The Morgan fingerprint density at radius 1 is 1.29 bits per heavy atom. The van der Waals surface area contributed by atoms with E-state index in [9.17, 15) is 0 Å². The van der Waals surface area contributed by atoms with Crippen LogP contribution in [-0.2, 0) is 5.75 Å². The Hall–Kier alpha value is -0.670. The van der Waals surface area contributed by atoms with Gasteiger partial charge in [-0.15, -0.1) is 0 Å². The SMILES string of the molecule is COc1ccccc1CSCC1CCNCC1. The molecule has 0 amide bonds. The lowest BCUT2D eigenvalue weighted by molar-refractivity contribution is 0.407. The zero-order valence-corrected chi connectivity index (χ0v) is 11.3. The van der Waals surface area contributed by atoms with E-state index in [0.717, 1.165) is 17.4 Å². The highest BCUT2D eigenvalue weighted by Gasteiger charge is 2.13. The molecule has 1 aliphatic rings. The molecule has 1 aromatic rings. The highest BCUT2D eigenvalue weighted by molar-refractivity contribution is 7.98. The van der Waals surface area contributed by atoms with Gasteiger partial charge in [0.1, 0.15) is 5.75 Å². The van der Waals surface area contributed by atoms with Crippen molar-refractivity contribution in [3.05, 3.63) is 29.8 Å². The van der Waals surface area contributed by atoms with E-state index in [1.807, 2.05) is 23.9 Å². The van der Waals surface area contributed by atoms with E-state index in [-0.39, 0.29) is 0 Å². The normalized spacial score (nSPS) is 17.0. The van der Waals surface area contributed by atoms with Crippen LogP contribution in [0.5, 0.6) is 5.75 Å². The topological polar surface area (TPSA) is 21.3 Å². The molecule has 94 valence electrons. The quantitative estimate of drug-likeness (QED) is 0.869. The number of para-hydroxylation sites is 1. The number of hydrogen-bond acceptors (Lipinski definition) is 3. The van der Waals surface area contributed by atoms with Gasteiger partial charge in [-0.1, -0.05) is 18.2 Å². The summed E-state index contributed by atoms with van der Waals surface area (Å²) in [7, 11) is 1.75. The first-order chi connectivity index (χ1) is 8.40. The maximum atomic E-state index is 5.36. The summed E-state index contributed by atoms with van der Waals surface area (Å²) in [6, 6.07) is 8.32. The summed E-state index contributed by atoms with van der Waals surface area (Å²) in [5.41, 5.74) is 1.31. The summed E-state index contributed by atoms with van der Waals surface area (Å²) in [6.07, 6.45) is 2.66. The van der Waals surface area contributed by atoms with Crippen LogP contribution in [0, 0.1) is 5.92 Å². The number of hydrogen-bond donors (Lipinski definition) is 1. The molecule has 3 heteroatoms. The number of thioether (sulfide) groups is 1. The van der Waals surface area contributed by atoms with E-state index < -0.39 is 0 Å². The third-order valence-electron chi connectivity index (χ3n) is 3.26. The minimum absolute atomic E-state index is 0.899. The van der Waals surface area contributed by atoms with Gasteiger partial charge in [-0.3, -0.25) is 0 Å². The van der Waals surface area contributed by atoms with Gasteiger partial charge in [-0.2, -0.15) is 11.8 Å². The van der Waals surface area contributed by atoms with Crippen LogP contribution in [0.4, 0.5) is 0 Å². The van der Waals surface area contributed by atoms with Gasteiger partial charge in [0.05, 0.1) is 7.11 Å². The summed E-state index contributed by atoms with van der Waals surface area (Å²) in [5, 5.41) is 3.41. The molecule has 1 saturated heterocycles. The molecule has 1 aromatic carbocycles. The number of methoxy groups -OCH3 is 1. The van der Waals surface area contributed by atoms with Crippen LogP contribution in [0.1, 0.15) is 18.4 Å². The molecular formula is C14H21NOS. The molecule has 0 spiro atoms. The standard InChI is InChI=1S/C14H21NOS/c1-16-14-5-3-2-4-13(14)11-17-10-12-6-8-15-9-7-12/h2-5,12,15H,6-11H2,1H3. The highest BCUT2D eigenvalue weighted by atomic mass is 32.2. The van der Waals surface area contributed by atoms with E-state index in [0.29, 0.717) is 0 Å². The van der Waals surface area contributed by atoms with Crippen molar-refractivity contribution in [2.75, 3.05) is 26.0 Å². The fourth-order valence-corrected chi connectivity index (χ4v) is 3.45. The smallest absolute Gasteiger partial charge is 0.122 e. The van der Waals surface area contributed by atoms with Gasteiger partial charge in [-0.05, 0) is 43.7 Å². The fourth-order valence-electron chi connectivity index (χ4n) is 2.21. The third-order valence-corrected chi connectivity index (χ3v) is 4.48. The van der Waals surface area contributed by atoms with Crippen molar-refractivity contribution < 1.29 is 4.74 Å². The van der Waals surface area contributed by atoms with E-state index in [1.165, 1.54) is 37.2 Å². The minimum atomic E-state index is 0.899. The Labute approximate surface area is 108 Å². The van der Waals surface area contributed by atoms with Crippen molar-refractivity contribution in [2.24, 2.45) is 5.92 Å². The first-order valence-electron chi connectivity index (χ1n) is 6.30. The monoisotopic (exact) mass is 251 g/mol. The van der Waals surface area contributed by atoms with Crippen LogP contribution in [0.2, 0.25) is 0 Å². The lowest BCUT2D eigenvalue weighted by atomic mass is 10.0. The van der Waals surface area contributed by atoms with E-state index in [4.69, 9.17) is 4.74 Å². The lowest BCUT2D eigenvalue weighted by Crippen LogP contribution is -2.28. The zero-order valence-electron chi connectivity index (χ0n) is 10.4. The first kappa shape index (κ1) is 12.8. The van der Waals surface area contributed by atoms with Crippen molar-refractivity contribution in [1.82, 2.24) is 5.32 Å². The molecule has 2 nitrogen and oxygen atoms in total. The number of rotatable bonds is 5. The third kappa shape index (κ3) is 3.93. The Kier molecular flexibility index (Phi) is 5.20. The number of benzene rings is 1. The van der Waals surface area contributed by atoms with Crippen LogP contribution < -0.4 is 10.1 Å². The van der Waals surface area contributed by atoms with Gasteiger partial charge in [-0.25, -0.2) is 0 Å².